The molecule has 1 aromatic carbocycles. The number of aromatic nitrogens is 1. The van der Waals surface area contributed by atoms with Crippen LogP contribution in [0.3, 0.4) is 0 Å². The van der Waals surface area contributed by atoms with Gasteiger partial charge in [0.25, 0.3) is 0 Å². The highest BCUT2D eigenvalue weighted by atomic mass is 32.1. The van der Waals surface area contributed by atoms with Crippen LogP contribution in [0.5, 0.6) is 0 Å². The lowest BCUT2D eigenvalue weighted by molar-refractivity contribution is -0.669. The molecule has 0 bridgehead atoms. The van der Waals surface area contributed by atoms with Crippen molar-refractivity contribution in [2.75, 3.05) is 11.4 Å². The van der Waals surface area contributed by atoms with Crippen molar-refractivity contribution in [1.29, 1.82) is 0 Å². The van der Waals surface area contributed by atoms with E-state index in [4.69, 9.17) is 0 Å². The molecule has 3 nitrogen and oxygen atoms in total. The molecule has 0 unspecified atom stereocenters. The number of thiazole rings is 1. The smallest absolute Gasteiger partial charge is 0.235 e. The summed E-state index contributed by atoms with van der Waals surface area (Å²) in [6, 6.07) is 6.31. The predicted octanol–water partition coefficient (Wildman–Crippen LogP) is 3.28. The number of carbonyl (C=O) groups is 1. The van der Waals surface area contributed by atoms with Crippen LogP contribution in [-0.2, 0) is 11.3 Å². The number of anilines is 1. The van der Waals surface area contributed by atoms with Crippen molar-refractivity contribution in [3.05, 3.63) is 23.2 Å². The van der Waals surface area contributed by atoms with Crippen LogP contribution in [0.25, 0.3) is 10.2 Å². The van der Waals surface area contributed by atoms with Crippen LogP contribution in [0, 0.1) is 6.92 Å². The fourth-order valence-electron chi connectivity index (χ4n) is 2.44. The highest BCUT2D eigenvalue weighted by Crippen LogP contribution is 2.25. The number of fused-ring (bicyclic) bond motifs is 1. The topological polar surface area (TPSA) is 24.2 Å². The van der Waals surface area contributed by atoms with Crippen LogP contribution in [0.2, 0.25) is 0 Å². The third-order valence-electron chi connectivity index (χ3n) is 3.33. The molecule has 1 amide bonds. The molecular formula is C15H21N2OS+. The molecule has 0 aliphatic rings. The van der Waals surface area contributed by atoms with Gasteiger partial charge in [0.1, 0.15) is 11.2 Å². The molecule has 2 rings (SSSR count). The van der Waals surface area contributed by atoms with Crippen molar-refractivity contribution in [2.45, 2.75) is 40.7 Å². The normalized spacial score (nSPS) is 10.9. The summed E-state index contributed by atoms with van der Waals surface area (Å²) in [4.78, 5) is 13.6. The van der Waals surface area contributed by atoms with Crippen LogP contribution in [0.15, 0.2) is 18.2 Å². The maximum atomic E-state index is 11.8. The van der Waals surface area contributed by atoms with E-state index in [1.807, 2.05) is 4.90 Å². The van der Waals surface area contributed by atoms with E-state index < -0.39 is 0 Å². The fraction of sp³-hybridized carbons (Fsp3) is 0.467. The quantitative estimate of drug-likeness (QED) is 0.787. The van der Waals surface area contributed by atoms with Gasteiger partial charge < -0.3 is 4.90 Å². The SMILES string of the molecule is CCCN(C(C)=O)c1ccc2sc(C)[n+](CC)c2c1. The number of benzene rings is 1. The molecular weight excluding hydrogens is 256 g/mol. The molecule has 102 valence electrons. The van der Waals surface area contributed by atoms with Crippen LogP contribution in [0.1, 0.15) is 32.2 Å². The van der Waals surface area contributed by atoms with Crippen molar-refractivity contribution in [2.24, 2.45) is 0 Å². The summed E-state index contributed by atoms with van der Waals surface area (Å²) in [5, 5.41) is 1.31. The highest BCUT2D eigenvalue weighted by molar-refractivity contribution is 7.18. The number of hydrogen-bond donors (Lipinski definition) is 0. The Kier molecular flexibility index (Phi) is 4.20. The van der Waals surface area contributed by atoms with Gasteiger partial charge in [-0.15, -0.1) is 0 Å². The second-order valence-corrected chi connectivity index (χ2v) is 5.92. The summed E-state index contributed by atoms with van der Waals surface area (Å²) >= 11 is 1.81. The number of rotatable bonds is 4. The van der Waals surface area contributed by atoms with Gasteiger partial charge in [-0.05, 0) is 25.5 Å². The van der Waals surface area contributed by atoms with Crippen LogP contribution < -0.4 is 9.47 Å². The van der Waals surface area contributed by atoms with Gasteiger partial charge in [-0.25, -0.2) is 0 Å². The number of nitrogens with zero attached hydrogens (tertiary/aromatic N) is 2. The van der Waals surface area contributed by atoms with Crippen LogP contribution in [-0.4, -0.2) is 12.5 Å². The Hall–Kier alpha value is -1.42. The summed E-state index contributed by atoms with van der Waals surface area (Å²) in [6.07, 6.45) is 0.966. The lowest BCUT2D eigenvalue weighted by atomic mass is 10.2. The Morgan fingerprint density at radius 1 is 1.37 bits per heavy atom. The van der Waals surface area contributed by atoms with E-state index in [9.17, 15) is 4.79 Å². The largest absolute Gasteiger partial charge is 0.312 e. The van der Waals surface area contributed by atoms with Crippen molar-refractivity contribution >= 4 is 33.1 Å². The number of hydrogen-bond acceptors (Lipinski definition) is 2. The molecule has 0 saturated heterocycles. The van der Waals surface area contributed by atoms with E-state index >= 15 is 0 Å². The van der Waals surface area contributed by atoms with Gasteiger partial charge in [0.05, 0.1) is 5.69 Å². The minimum Gasteiger partial charge on any atom is -0.312 e. The summed E-state index contributed by atoms with van der Waals surface area (Å²) in [6.45, 7) is 9.75. The first-order valence-corrected chi connectivity index (χ1v) is 7.61. The molecule has 0 spiro atoms. The molecule has 2 aromatic rings. The predicted molar refractivity (Wildman–Crippen MR) is 80.7 cm³/mol. The van der Waals surface area contributed by atoms with Gasteiger partial charge in [0, 0.05) is 26.5 Å². The van der Waals surface area contributed by atoms with Gasteiger partial charge in [0.15, 0.2) is 0 Å². The summed E-state index contributed by atoms with van der Waals surface area (Å²) in [7, 11) is 0. The average Bonchev–Trinajstić information content (AvgIpc) is 2.69. The second kappa shape index (κ2) is 5.70. The maximum absolute atomic E-state index is 11.8. The molecule has 0 atom stereocenters. The van der Waals surface area contributed by atoms with Gasteiger partial charge in [0.2, 0.25) is 16.4 Å². The Morgan fingerprint density at radius 3 is 2.68 bits per heavy atom. The molecule has 1 heterocycles. The molecule has 0 fully saturated rings. The number of aryl methyl sites for hydroxylation is 2. The van der Waals surface area contributed by atoms with E-state index in [1.54, 1.807) is 18.3 Å². The number of carbonyl (C=O) groups excluding carboxylic acids is 1. The third kappa shape index (κ3) is 2.63. The zero-order valence-electron chi connectivity index (χ0n) is 12.1. The number of amides is 1. The van der Waals surface area contributed by atoms with Crippen molar-refractivity contribution in [3.63, 3.8) is 0 Å². The first kappa shape index (κ1) is 14.0. The zero-order chi connectivity index (χ0) is 14.0. The van der Waals surface area contributed by atoms with Crippen molar-refractivity contribution < 1.29 is 9.36 Å². The van der Waals surface area contributed by atoms with Crippen molar-refractivity contribution in [1.82, 2.24) is 0 Å². The Balaban J connectivity index is 2.52. The summed E-state index contributed by atoms with van der Waals surface area (Å²) < 4.78 is 3.58. The minimum atomic E-state index is 0.108. The Bertz CT molecular complexity index is 603. The van der Waals surface area contributed by atoms with Gasteiger partial charge in [-0.2, -0.15) is 4.57 Å². The molecule has 4 heteroatoms. The first-order chi connectivity index (χ1) is 9.08. The van der Waals surface area contributed by atoms with E-state index in [2.05, 4.69) is 43.5 Å². The highest BCUT2D eigenvalue weighted by Gasteiger charge is 2.18. The standard InChI is InChI=1S/C15H21N2OS/c1-5-9-17(11(3)18)13-7-8-15-14(10-13)16(6-2)12(4)19-15/h7-8,10H,5-6,9H2,1-4H3/q+1. The molecule has 0 aliphatic carbocycles. The monoisotopic (exact) mass is 277 g/mol. The third-order valence-corrected chi connectivity index (χ3v) is 4.41. The minimum absolute atomic E-state index is 0.108. The lowest BCUT2D eigenvalue weighted by Crippen LogP contribution is -2.34. The van der Waals surface area contributed by atoms with E-state index in [1.165, 1.54) is 15.2 Å². The Labute approximate surface area is 118 Å². The van der Waals surface area contributed by atoms with Gasteiger partial charge >= 0.3 is 0 Å². The molecule has 0 saturated carbocycles. The zero-order valence-corrected chi connectivity index (χ0v) is 12.9. The molecule has 0 N–H and O–H groups in total. The van der Waals surface area contributed by atoms with E-state index in [0.717, 1.165) is 25.2 Å². The van der Waals surface area contributed by atoms with Gasteiger partial charge in [-0.1, -0.05) is 18.3 Å². The van der Waals surface area contributed by atoms with Crippen LogP contribution in [0.4, 0.5) is 5.69 Å². The van der Waals surface area contributed by atoms with E-state index in [-0.39, 0.29) is 5.91 Å². The molecule has 19 heavy (non-hydrogen) atoms. The lowest BCUT2D eigenvalue weighted by Gasteiger charge is -2.19. The molecule has 0 aliphatic heterocycles. The maximum Gasteiger partial charge on any atom is 0.235 e. The van der Waals surface area contributed by atoms with E-state index in [0.29, 0.717) is 0 Å². The van der Waals surface area contributed by atoms with Crippen molar-refractivity contribution in [3.8, 4) is 0 Å². The summed E-state index contributed by atoms with van der Waals surface area (Å²) in [5.74, 6) is 0.108. The summed E-state index contributed by atoms with van der Waals surface area (Å²) in [5.41, 5.74) is 2.23. The molecule has 0 radical (unpaired) electrons. The Morgan fingerprint density at radius 2 is 2.11 bits per heavy atom. The first-order valence-electron chi connectivity index (χ1n) is 6.79. The fourth-order valence-corrected chi connectivity index (χ4v) is 3.51. The average molecular weight is 277 g/mol. The second-order valence-electron chi connectivity index (χ2n) is 4.69. The molecule has 1 aromatic heterocycles. The van der Waals surface area contributed by atoms with Gasteiger partial charge in [-0.3, -0.25) is 4.79 Å². The van der Waals surface area contributed by atoms with Crippen LogP contribution >= 0.6 is 11.3 Å².